The molecule has 0 aliphatic carbocycles. The van der Waals surface area contributed by atoms with Gasteiger partial charge in [-0.1, -0.05) is 36.4 Å². The average Bonchev–Trinajstić information content (AvgIpc) is 2.94. The van der Waals surface area contributed by atoms with Gasteiger partial charge in [-0.05, 0) is 42.5 Å². The number of anilines is 4. The van der Waals surface area contributed by atoms with Gasteiger partial charge in [0.15, 0.2) is 0 Å². The zero-order chi connectivity index (χ0) is 26.3. The molecule has 1 aromatic heterocycles. The summed E-state index contributed by atoms with van der Waals surface area (Å²) in [5.41, 5.74) is 5.85. The summed E-state index contributed by atoms with van der Waals surface area (Å²) in [5.74, 6) is 1.39. The van der Waals surface area contributed by atoms with E-state index in [1.165, 1.54) is 18.2 Å². The number of nitrogens with zero attached hydrogens (tertiary/aromatic N) is 4. The zero-order valence-electron chi connectivity index (χ0n) is 21.7. The maximum atomic E-state index is 11.3. The number of ether oxygens (including phenoxy) is 1. The van der Waals surface area contributed by atoms with E-state index in [-0.39, 0.29) is 5.91 Å². The third-order valence-electron chi connectivity index (χ3n) is 6.58. The van der Waals surface area contributed by atoms with Crippen molar-refractivity contribution in [1.29, 1.82) is 0 Å². The number of aromatic nitrogens is 2. The summed E-state index contributed by atoms with van der Waals surface area (Å²) in [5, 5.41) is 6.14. The van der Waals surface area contributed by atoms with Gasteiger partial charge in [0.1, 0.15) is 5.75 Å². The lowest BCUT2D eigenvalue weighted by atomic mass is 10.1. The van der Waals surface area contributed by atoms with Gasteiger partial charge >= 0.3 is 0 Å². The van der Waals surface area contributed by atoms with Crippen molar-refractivity contribution < 1.29 is 9.53 Å². The molecule has 38 heavy (non-hydrogen) atoms. The van der Waals surface area contributed by atoms with E-state index in [1.807, 2.05) is 48.5 Å². The van der Waals surface area contributed by atoms with Crippen LogP contribution in [0.3, 0.4) is 0 Å². The molecule has 3 aromatic carbocycles. The van der Waals surface area contributed by atoms with Crippen molar-refractivity contribution in [3.8, 4) is 17.0 Å². The van der Waals surface area contributed by atoms with E-state index in [0.717, 1.165) is 61.1 Å². The van der Waals surface area contributed by atoms with Crippen LogP contribution in [0.2, 0.25) is 0 Å². The van der Waals surface area contributed by atoms with Gasteiger partial charge in [0.05, 0.1) is 12.8 Å². The molecule has 1 aliphatic heterocycles. The second kappa shape index (κ2) is 11.7. The molecule has 2 N–H and O–H groups in total. The van der Waals surface area contributed by atoms with Gasteiger partial charge in [0.25, 0.3) is 0 Å². The Balaban J connectivity index is 1.21. The van der Waals surface area contributed by atoms with Gasteiger partial charge in [-0.2, -0.15) is 0 Å². The summed E-state index contributed by atoms with van der Waals surface area (Å²) in [6, 6.07) is 26.1. The lowest BCUT2D eigenvalue weighted by Crippen LogP contribution is -2.46. The van der Waals surface area contributed by atoms with E-state index in [1.54, 1.807) is 13.3 Å². The fourth-order valence-corrected chi connectivity index (χ4v) is 4.66. The Morgan fingerprint density at radius 3 is 2.47 bits per heavy atom. The average molecular weight is 509 g/mol. The normalized spacial score (nSPS) is 13.7. The fourth-order valence-electron chi connectivity index (χ4n) is 4.66. The van der Waals surface area contributed by atoms with E-state index in [9.17, 15) is 4.79 Å². The number of piperazine rings is 1. The van der Waals surface area contributed by atoms with Crippen LogP contribution >= 0.6 is 0 Å². The highest BCUT2D eigenvalue weighted by Gasteiger charge is 2.19. The fraction of sp³-hybridized carbons (Fsp3) is 0.233. The third kappa shape index (κ3) is 6.27. The number of para-hydroxylation sites is 1. The van der Waals surface area contributed by atoms with E-state index in [0.29, 0.717) is 5.95 Å². The first-order valence-corrected chi connectivity index (χ1v) is 12.7. The molecule has 1 aliphatic rings. The Morgan fingerprint density at radius 2 is 1.71 bits per heavy atom. The molecule has 1 fully saturated rings. The molecule has 5 rings (SSSR count). The maximum absolute atomic E-state index is 11.3. The molecule has 0 atom stereocenters. The number of hydrogen-bond acceptors (Lipinski definition) is 7. The highest BCUT2D eigenvalue weighted by atomic mass is 16.5. The lowest BCUT2D eigenvalue weighted by molar-refractivity contribution is -0.114. The molecule has 2 heterocycles. The van der Waals surface area contributed by atoms with Crippen LogP contribution in [0.4, 0.5) is 23.0 Å². The first kappa shape index (κ1) is 25.2. The molecule has 8 heteroatoms. The van der Waals surface area contributed by atoms with Crippen molar-refractivity contribution in [2.75, 3.05) is 48.8 Å². The molecule has 0 radical (unpaired) electrons. The standard InChI is InChI=1S/C30H32N6O2/c1-22(37)32-25-12-10-23(11-13-25)28-14-15-31-30(34-28)33-26-7-5-8-27(20-26)36-18-16-35(17-19-36)21-24-6-3-4-9-29(24)38-2/h3-15,20H,16-19,21H2,1-2H3,(H,32,37)(H,31,33,34). The monoisotopic (exact) mass is 508 g/mol. The second-order valence-electron chi connectivity index (χ2n) is 9.27. The number of carbonyl (C=O) groups is 1. The minimum absolute atomic E-state index is 0.0942. The van der Waals surface area contributed by atoms with E-state index in [2.05, 4.69) is 55.7 Å². The van der Waals surface area contributed by atoms with Gasteiger partial charge in [-0.3, -0.25) is 9.69 Å². The summed E-state index contributed by atoms with van der Waals surface area (Å²) < 4.78 is 5.52. The predicted octanol–water partition coefficient (Wildman–Crippen LogP) is 5.18. The van der Waals surface area contributed by atoms with Crippen LogP contribution in [0, 0.1) is 0 Å². The number of amides is 1. The van der Waals surface area contributed by atoms with Crippen LogP contribution in [0.5, 0.6) is 5.75 Å². The SMILES string of the molecule is COc1ccccc1CN1CCN(c2cccc(Nc3nccc(-c4ccc(NC(C)=O)cc4)n3)c2)CC1. The third-order valence-corrected chi connectivity index (χ3v) is 6.58. The number of hydrogen-bond donors (Lipinski definition) is 2. The zero-order valence-corrected chi connectivity index (χ0v) is 21.7. The number of benzene rings is 3. The van der Waals surface area contributed by atoms with Crippen molar-refractivity contribution >= 4 is 28.9 Å². The number of methoxy groups -OCH3 is 1. The van der Waals surface area contributed by atoms with Crippen LogP contribution in [0.15, 0.2) is 85.1 Å². The largest absolute Gasteiger partial charge is 0.496 e. The summed E-state index contributed by atoms with van der Waals surface area (Å²) in [4.78, 5) is 25.3. The smallest absolute Gasteiger partial charge is 0.227 e. The maximum Gasteiger partial charge on any atom is 0.227 e. The Hall–Kier alpha value is -4.43. The van der Waals surface area contributed by atoms with Crippen LogP contribution in [0.25, 0.3) is 11.3 Å². The topological polar surface area (TPSA) is 82.6 Å². The molecule has 194 valence electrons. The molecule has 0 spiro atoms. The number of carbonyl (C=O) groups excluding carboxylic acids is 1. The summed E-state index contributed by atoms with van der Waals surface area (Å²) in [6.07, 6.45) is 1.75. The summed E-state index contributed by atoms with van der Waals surface area (Å²) in [7, 11) is 1.73. The quantitative estimate of drug-likeness (QED) is 0.340. The van der Waals surface area contributed by atoms with Gasteiger partial charge < -0.3 is 20.3 Å². The van der Waals surface area contributed by atoms with Crippen molar-refractivity contribution in [3.05, 3.63) is 90.6 Å². The Kier molecular flexibility index (Phi) is 7.80. The molecule has 1 amide bonds. The summed E-state index contributed by atoms with van der Waals surface area (Å²) in [6.45, 7) is 6.28. The first-order valence-electron chi connectivity index (χ1n) is 12.7. The number of nitrogens with one attached hydrogen (secondary N) is 2. The molecular formula is C30H32N6O2. The van der Waals surface area contributed by atoms with Crippen molar-refractivity contribution in [1.82, 2.24) is 14.9 Å². The predicted molar refractivity (Wildman–Crippen MR) is 152 cm³/mol. The molecule has 8 nitrogen and oxygen atoms in total. The Bertz CT molecular complexity index is 1380. The molecule has 0 unspecified atom stereocenters. The van der Waals surface area contributed by atoms with Crippen molar-refractivity contribution in [2.24, 2.45) is 0 Å². The van der Waals surface area contributed by atoms with Gasteiger partial charge in [0.2, 0.25) is 11.9 Å². The minimum atomic E-state index is -0.0942. The highest BCUT2D eigenvalue weighted by molar-refractivity contribution is 5.88. The van der Waals surface area contributed by atoms with E-state index < -0.39 is 0 Å². The van der Waals surface area contributed by atoms with Crippen LogP contribution in [-0.2, 0) is 11.3 Å². The van der Waals surface area contributed by atoms with E-state index >= 15 is 0 Å². The van der Waals surface area contributed by atoms with Crippen LogP contribution in [-0.4, -0.2) is 54.1 Å². The summed E-state index contributed by atoms with van der Waals surface area (Å²) >= 11 is 0. The second-order valence-corrected chi connectivity index (χ2v) is 9.27. The molecule has 0 bridgehead atoms. The van der Waals surface area contributed by atoms with Crippen molar-refractivity contribution in [2.45, 2.75) is 13.5 Å². The Labute approximate surface area is 223 Å². The van der Waals surface area contributed by atoms with Gasteiger partial charge in [0, 0.05) is 74.0 Å². The van der Waals surface area contributed by atoms with Gasteiger partial charge in [-0.15, -0.1) is 0 Å². The van der Waals surface area contributed by atoms with E-state index in [4.69, 9.17) is 9.72 Å². The highest BCUT2D eigenvalue weighted by Crippen LogP contribution is 2.26. The number of rotatable bonds is 8. The first-order chi connectivity index (χ1) is 18.6. The Morgan fingerprint density at radius 1 is 0.921 bits per heavy atom. The lowest BCUT2D eigenvalue weighted by Gasteiger charge is -2.36. The molecular weight excluding hydrogens is 476 g/mol. The van der Waals surface area contributed by atoms with Crippen LogP contribution in [0.1, 0.15) is 12.5 Å². The van der Waals surface area contributed by atoms with Crippen molar-refractivity contribution in [3.63, 3.8) is 0 Å². The molecule has 4 aromatic rings. The molecule has 0 saturated carbocycles. The minimum Gasteiger partial charge on any atom is -0.496 e. The van der Waals surface area contributed by atoms with Gasteiger partial charge in [-0.25, -0.2) is 9.97 Å². The molecule has 1 saturated heterocycles. The van der Waals surface area contributed by atoms with Crippen LogP contribution < -0.4 is 20.3 Å².